The molecule has 30 heavy (non-hydrogen) atoms. The van der Waals surface area contributed by atoms with E-state index in [0.717, 1.165) is 0 Å². The molecule has 0 aliphatic carbocycles. The van der Waals surface area contributed by atoms with Crippen molar-refractivity contribution in [2.45, 2.75) is 17.5 Å². The van der Waals surface area contributed by atoms with Gasteiger partial charge in [0.25, 0.3) is 5.91 Å². The molecule has 170 valence electrons. The summed E-state index contributed by atoms with van der Waals surface area (Å²) in [5, 5.41) is 18.5. The third-order valence-electron chi connectivity index (χ3n) is 4.48. The minimum absolute atomic E-state index is 0.0504. The molecule has 15 heteroatoms. The number of hydrogen-bond acceptors (Lipinski definition) is 10. The summed E-state index contributed by atoms with van der Waals surface area (Å²) in [5.74, 6) is -1.76. The summed E-state index contributed by atoms with van der Waals surface area (Å²) in [6.45, 7) is -0.0247. The van der Waals surface area contributed by atoms with Crippen molar-refractivity contribution in [2.75, 3.05) is 33.0 Å². The number of halogens is 1. The predicted molar refractivity (Wildman–Crippen MR) is 91.9 cm³/mol. The molecule has 2 aliphatic rings. The number of allylic oxidation sites excluding steroid dienone is 1. The highest BCUT2D eigenvalue weighted by molar-refractivity contribution is 8.00. The maximum atomic E-state index is 11.9. The molecule has 0 saturated carbocycles. The van der Waals surface area contributed by atoms with E-state index in [4.69, 9.17) is 30.1 Å². The van der Waals surface area contributed by atoms with Crippen LogP contribution >= 0.6 is 11.8 Å². The number of nitrogens with zero attached hydrogens (tertiary/aromatic N) is 2. The number of aliphatic carboxylic acids is 1. The first-order valence-corrected chi connectivity index (χ1v) is 10.6. The number of carbonyl (C=O) groups excluding carboxylic acids is 2. The number of fused-ring (bicyclic) bond motifs is 1. The predicted octanol–water partition coefficient (Wildman–Crippen LogP) is -6.71. The molecule has 0 aromatic heterocycles. The molecule has 3 atom stereocenters. The topological polar surface area (TPSA) is 239 Å². The maximum absolute atomic E-state index is 11.9. The molecule has 0 unspecified atom stereocenters. The Labute approximate surface area is 178 Å². The van der Waals surface area contributed by atoms with Gasteiger partial charge in [0.1, 0.15) is 23.7 Å². The second-order valence-corrected chi connectivity index (χ2v) is 8.82. The smallest absolute Gasteiger partial charge is 0.352 e. The highest BCUT2D eigenvalue weighted by Gasteiger charge is 2.51. The molecular formula is C15H23ClN4O9S. The van der Waals surface area contributed by atoms with Gasteiger partial charge in [-0.05, 0) is 11.6 Å². The Hall–Kier alpha value is -1.75. The molecule has 2 rings (SSSR count). The molecule has 6 N–H and O–H groups in total. The normalized spacial score (nSPS) is 22.8. The van der Waals surface area contributed by atoms with E-state index in [1.807, 2.05) is 0 Å². The fraction of sp³-hybridized carbons (Fsp3) is 0.533. The fourth-order valence-electron chi connectivity index (χ4n) is 2.92. The number of carboxylic acid groups (broad SMARTS) is 1. The first kappa shape index (κ1) is 26.3. The fourth-order valence-corrected chi connectivity index (χ4v) is 4.18. The molecule has 1 fully saturated rings. The van der Waals surface area contributed by atoms with Crippen LogP contribution in [0, 0.1) is 10.2 Å². The van der Waals surface area contributed by atoms with Crippen molar-refractivity contribution in [3.63, 3.8) is 0 Å². The average Bonchev–Trinajstić information content (AvgIpc) is 2.58. The van der Waals surface area contributed by atoms with Gasteiger partial charge in [-0.2, -0.15) is 0 Å². The van der Waals surface area contributed by atoms with Gasteiger partial charge in [0.2, 0.25) is 5.91 Å². The summed E-state index contributed by atoms with van der Waals surface area (Å²) in [5.41, 5.74) is 11.5. The number of aliphatic hydroxyl groups is 1. The van der Waals surface area contributed by atoms with Crippen molar-refractivity contribution in [1.82, 2.24) is 4.90 Å². The lowest BCUT2D eigenvalue weighted by molar-refractivity contribution is -2.00. The molecule has 13 nitrogen and oxygen atoms in total. The molecular weight excluding hydrogens is 448 g/mol. The van der Waals surface area contributed by atoms with E-state index in [9.17, 15) is 24.6 Å². The summed E-state index contributed by atoms with van der Waals surface area (Å²) in [4.78, 5) is 36.1. The Morgan fingerprint density at radius 3 is 2.33 bits per heavy atom. The van der Waals surface area contributed by atoms with Gasteiger partial charge in [0.15, 0.2) is 6.04 Å². The standard InChI is InChI=1S/C15H22N4O5S.ClHO4/c1-19(2,9(6-20)12(17)21)5-3-4-8-7-25-14-10(16)13(22)18(14)11(8)15(23)24;2-1(3,4)5/h3-4,9-10,14,20H,5-7,16H2,1-2H3,(H2-,17,21,23,24);(H,2,3,4,5)/b4-3+;/t9-,10-,14+;/m1./s1. The van der Waals surface area contributed by atoms with Gasteiger partial charge in [-0.3, -0.25) is 14.5 Å². The van der Waals surface area contributed by atoms with Crippen LogP contribution in [0.25, 0.3) is 0 Å². The first-order chi connectivity index (χ1) is 13.6. The van der Waals surface area contributed by atoms with Gasteiger partial charge < -0.3 is 26.2 Å². The van der Waals surface area contributed by atoms with E-state index >= 15 is 0 Å². The van der Waals surface area contributed by atoms with Crippen molar-refractivity contribution >= 4 is 29.5 Å². The van der Waals surface area contributed by atoms with E-state index < -0.39 is 40.1 Å². The van der Waals surface area contributed by atoms with E-state index in [2.05, 4.69) is 0 Å². The van der Waals surface area contributed by atoms with Crippen LogP contribution in [-0.4, -0.2) is 87.8 Å². The quantitative estimate of drug-likeness (QED) is 0.201. The summed E-state index contributed by atoms with van der Waals surface area (Å²) in [6, 6.07) is -1.43. The third kappa shape index (κ3) is 6.63. The number of nitrogens with two attached hydrogens (primary N) is 2. The van der Waals surface area contributed by atoms with Gasteiger partial charge in [-0.15, -0.1) is 22.0 Å². The number of likely N-dealkylation sites (N-methyl/N-ethyl adjacent to an activating group) is 1. The number of hydrogen-bond donors (Lipinski definition) is 4. The van der Waals surface area contributed by atoms with Gasteiger partial charge in [-0.25, -0.2) is 23.4 Å². The van der Waals surface area contributed by atoms with Crippen LogP contribution in [0.3, 0.4) is 0 Å². The number of amides is 2. The molecule has 2 amide bonds. The monoisotopic (exact) mass is 470 g/mol. The number of β-lactam (4-membered cyclic amide) rings is 1. The van der Waals surface area contributed by atoms with Gasteiger partial charge in [0, 0.05) is 5.75 Å². The summed E-state index contributed by atoms with van der Waals surface area (Å²) in [6.07, 6.45) is 3.36. The zero-order chi connectivity index (χ0) is 23.4. The number of primary amides is 1. The third-order valence-corrected chi connectivity index (χ3v) is 5.80. The Kier molecular flexibility index (Phi) is 8.80. The molecule has 2 heterocycles. The van der Waals surface area contributed by atoms with Crippen molar-refractivity contribution < 1.29 is 58.0 Å². The van der Waals surface area contributed by atoms with E-state index in [0.29, 0.717) is 17.9 Å². The van der Waals surface area contributed by atoms with Crippen LogP contribution < -0.4 is 30.1 Å². The number of thioether (sulfide) groups is 1. The number of quaternary nitrogens is 1. The van der Waals surface area contributed by atoms with Crippen molar-refractivity contribution in [1.29, 1.82) is 0 Å². The average molecular weight is 471 g/mol. The van der Waals surface area contributed by atoms with Gasteiger partial charge >= 0.3 is 5.97 Å². The lowest BCUT2D eigenvalue weighted by atomic mass is 10.0. The summed E-state index contributed by atoms with van der Waals surface area (Å²) < 4.78 is 34.1. The van der Waals surface area contributed by atoms with E-state index in [-0.39, 0.29) is 22.2 Å². The summed E-state index contributed by atoms with van der Waals surface area (Å²) >= 11 is 1.42. The second-order valence-electron chi connectivity index (χ2n) is 6.96. The van der Waals surface area contributed by atoms with Crippen LogP contribution in [0.1, 0.15) is 0 Å². The molecule has 0 aromatic rings. The second kappa shape index (κ2) is 10.0. The van der Waals surface area contributed by atoms with Crippen molar-refractivity contribution in [3.8, 4) is 0 Å². The highest BCUT2D eigenvalue weighted by atomic mass is 35.7. The van der Waals surface area contributed by atoms with Crippen LogP contribution in [0.15, 0.2) is 23.4 Å². The Balaban J connectivity index is 0.000000804. The Bertz CT molecular complexity index is 747. The zero-order valence-electron chi connectivity index (χ0n) is 16.1. The lowest BCUT2D eigenvalue weighted by Gasteiger charge is -2.47. The van der Waals surface area contributed by atoms with Gasteiger partial charge in [0.05, 0.1) is 20.6 Å². The minimum atomic E-state index is -4.94. The minimum Gasteiger partial charge on any atom is -0.477 e. The first-order valence-electron chi connectivity index (χ1n) is 8.29. The number of carbonyl (C=O) groups is 3. The largest absolute Gasteiger partial charge is 0.477 e. The van der Waals surface area contributed by atoms with Crippen molar-refractivity contribution in [3.05, 3.63) is 23.4 Å². The maximum Gasteiger partial charge on any atom is 0.352 e. The van der Waals surface area contributed by atoms with E-state index in [1.54, 1.807) is 26.2 Å². The molecule has 0 aromatic carbocycles. The molecule has 2 aliphatic heterocycles. The highest BCUT2D eigenvalue weighted by Crippen LogP contribution is 2.39. The zero-order valence-corrected chi connectivity index (χ0v) is 17.7. The van der Waals surface area contributed by atoms with Crippen LogP contribution in [-0.2, 0) is 14.4 Å². The Morgan fingerprint density at radius 2 is 1.90 bits per heavy atom. The van der Waals surface area contributed by atoms with Crippen LogP contribution in [0.5, 0.6) is 0 Å². The number of rotatable bonds is 7. The molecule has 1 saturated heterocycles. The molecule has 0 radical (unpaired) electrons. The molecule has 0 bridgehead atoms. The number of carboxylic acids is 1. The van der Waals surface area contributed by atoms with E-state index in [1.165, 1.54) is 16.7 Å². The van der Waals surface area contributed by atoms with Crippen LogP contribution in [0.4, 0.5) is 0 Å². The SMILES string of the molecule is C[N+](C)(C/C=C/C1=C(C(=O)O)N2C(=O)[C@@H](N)[C@@H]2SC1)[C@H](CO)C(N)=O.[O-][Cl+3]([O-])([O-])[O-]. The summed E-state index contributed by atoms with van der Waals surface area (Å²) in [7, 11) is -1.46. The Morgan fingerprint density at radius 1 is 1.37 bits per heavy atom. The van der Waals surface area contributed by atoms with Gasteiger partial charge in [-0.1, -0.05) is 6.08 Å². The van der Waals surface area contributed by atoms with Crippen LogP contribution in [0.2, 0.25) is 0 Å². The molecule has 0 spiro atoms. The number of aliphatic hydroxyl groups excluding tert-OH is 1. The lowest BCUT2D eigenvalue weighted by Crippen LogP contribution is -2.68. The van der Waals surface area contributed by atoms with Crippen molar-refractivity contribution in [2.24, 2.45) is 11.5 Å².